The number of nitrogen functional groups attached to an aromatic ring is 1. The molecule has 2 N–H and O–H groups in total. The van der Waals surface area contributed by atoms with Crippen LogP contribution >= 0.6 is 11.6 Å². The number of sulfone groups is 1. The monoisotopic (exact) mass is 296 g/mol. The van der Waals surface area contributed by atoms with E-state index in [1.807, 2.05) is 0 Å². The van der Waals surface area contributed by atoms with Gasteiger partial charge in [0.15, 0.2) is 9.84 Å². The Balaban J connectivity index is 2.44. The third kappa shape index (κ3) is 3.05. The summed E-state index contributed by atoms with van der Waals surface area (Å²) in [6.07, 6.45) is 2.95. The largest absolute Gasteiger partial charge is 0.399 e. The van der Waals surface area contributed by atoms with Crippen molar-refractivity contribution in [3.63, 3.8) is 0 Å². The second-order valence-electron chi connectivity index (χ2n) is 4.25. The molecule has 0 aliphatic carbocycles. The molecule has 0 amide bonds. The van der Waals surface area contributed by atoms with Crippen molar-refractivity contribution < 1.29 is 8.42 Å². The highest BCUT2D eigenvalue weighted by molar-refractivity contribution is 7.90. The van der Waals surface area contributed by atoms with E-state index in [-0.39, 0.29) is 10.6 Å². The zero-order valence-corrected chi connectivity index (χ0v) is 11.9. The first-order valence-electron chi connectivity index (χ1n) is 5.57. The van der Waals surface area contributed by atoms with E-state index in [2.05, 4.69) is 4.98 Å². The summed E-state index contributed by atoms with van der Waals surface area (Å²) in [5.41, 5.74) is 7.26. The fraction of sp³-hybridized carbons (Fsp3) is 0.154. The van der Waals surface area contributed by atoms with E-state index in [9.17, 15) is 8.42 Å². The summed E-state index contributed by atoms with van der Waals surface area (Å²) in [5.74, 6) is -0.168. The van der Waals surface area contributed by atoms with Crippen molar-refractivity contribution >= 4 is 27.1 Å². The van der Waals surface area contributed by atoms with Gasteiger partial charge in [0.2, 0.25) is 0 Å². The van der Waals surface area contributed by atoms with Gasteiger partial charge in [0.25, 0.3) is 0 Å². The number of anilines is 1. The number of halogens is 1. The van der Waals surface area contributed by atoms with Crippen LogP contribution in [0.4, 0.5) is 5.69 Å². The number of nitrogens with zero attached hydrogens (tertiary/aromatic N) is 1. The van der Waals surface area contributed by atoms with Gasteiger partial charge in [-0.2, -0.15) is 0 Å². The minimum atomic E-state index is -3.48. The second kappa shape index (κ2) is 5.19. The lowest BCUT2D eigenvalue weighted by atomic mass is 10.2. The van der Waals surface area contributed by atoms with Crippen LogP contribution in [-0.4, -0.2) is 13.4 Å². The van der Waals surface area contributed by atoms with Gasteiger partial charge >= 0.3 is 0 Å². The Bertz CT molecular complexity index is 714. The van der Waals surface area contributed by atoms with E-state index in [0.29, 0.717) is 21.8 Å². The molecule has 0 bridgehead atoms. The van der Waals surface area contributed by atoms with Crippen LogP contribution in [0.25, 0.3) is 0 Å². The van der Waals surface area contributed by atoms with E-state index in [0.717, 1.165) is 0 Å². The number of hydrogen-bond acceptors (Lipinski definition) is 4. The lowest BCUT2D eigenvalue weighted by Crippen LogP contribution is -2.08. The van der Waals surface area contributed by atoms with Crippen molar-refractivity contribution in [3.05, 3.63) is 52.8 Å². The maximum absolute atomic E-state index is 12.4. The molecule has 4 nitrogen and oxygen atoms in total. The lowest BCUT2D eigenvalue weighted by molar-refractivity contribution is 0.594. The van der Waals surface area contributed by atoms with E-state index >= 15 is 0 Å². The van der Waals surface area contributed by atoms with Gasteiger partial charge in [-0.15, -0.1) is 0 Å². The molecule has 0 spiro atoms. The predicted molar refractivity (Wildman–Crippen MR) is 75.7 cm³/mol. The Hall–Kier alpha value is -1.59. The Morgan fingerprint density at radius 3 is 2.74 bits per heavy atom. The number of aromatic nitrogens is 1. The van der Waals surface area contributed by atoms with E-state index < -0.39 is 9.84 Å². The molecule has 0 saturated carbocycles. The molecule has 6 heteroatoms. The fourth-order valence-corrected chi connectivity index (χ4v) is 3.71. The Labute approximate surface area is 117 Å². The first-order chi connectivity index (χ1) is 8.90. The molecule has 0 saturated heterocycles. The molecule has 100 valence electrons. The topological polar surface area (TPSA) is 73.1 Å². The Kier molecular flexibility index (Phi) is 3.78. The average molecular weight is 297 g/mol. The number of benzene rings is 1. The summed E-state index contributed by atoms with van der Waals surface area (Å²) in [6.45, 7) is 1.74. The maximum Gasteiger partial charge on any atom is 0.182 e. The summed E-state index contributed by atoms with van der Waals surface area (Å²) in [5, 5.41) is 0.340. The van der Waals surface area contributed by atoms with Crippen LogP contribution < -0.4 is 5.73 Å². The van der Waals surface area contributed by atoms with Crippen LogP contribution in [0.5, 0.6) is 0 Å². The number of nitrogens with two attached hydrogens (primary N) is 1. The number of aryl methyl sites for hydroxylation is 1. The third-order valence-electron chi connectivity index (χ3n) is 2.75. The van der Waals surface area contributed by atoms with Crippen LogP contribution in [0.15, 0.2) is 41.6 Å². The standard InChI is InChI=1S/C13H13ClN2O2S/c1-9-2-3-11(15)6-13(9)19(17,18)8-10-4-5-16-7-12(10)14/h2-7H,8,15H2,1H3. The Morgan fingerprint density at radius 2 is 2.05 bits per heavy atom. The van der Waals surface area contributed by atoms with E-state index in [4.69, 9.17) is 17.3 Å². The van der Waals surface area contributed by atoms with Crippen LogP contribution in [-0.2, 0) is 15.6 Å². The molecular formula is C13H13ClN2O2S. The molecule has 1 aromatic heterocycles. The third-order valence-corrected chi connectivity index (χ3v) is 4.89. The summed E-state index contributed by atoms with van der Waals surface area (Å²) in [7, 11) is -3.48. The molecule has 0 unspecified atom stereocenters. The van der Waals surface area contributed by atoms with Crippen molar-refractivity contribution in [1.82, 2.24) is 4.98 Å². The molecule has 0 radical (unpaired) electrons. The fourth-order valence-electron chi connectivity index (χ4n) is 1.76. The van der Waals surface area contributed by atoms with Crippen LogP contribution in [0.2, 0.25) is 5.02 Å². The first kappa shape index (κ1) is 13.8. The molecule has 2 aromatic rings. The maximum atomic E-state index is 12.4. The van der Waals surface area contributed by atoms with Crippen molar-refractivity contribution in [2.75, 3.05) is 5.73 Å². The minimum absolute atomic E-state index is 0.168. The van der Waals surface area contributed by atoms with Crippen LogP contribution in [0, 0.1) is 6.92 Å². The van der Waals surface area contributed by atoms with Gasteiger partial charge in [0.05, 0.1) is 15.7 Å². The van der Waals surface area contributed by atoms with Gasteiger partial charge < -0.3 is 5.73 Å². The second-order valence-corrected chi connectivity index (χ2v) is 6.62. The zero-order chi connectivity index (χ0) is 14.0. The van der Waals surface area contributed by atoms with Gasteiger partial charge in [0.1, 0.15) is 0 Å². The SMILES string of the molecule is Cc1ccc(N)cc1S(=O)(=O)Cc1ccncc1Cl. The van der Waals surface area contributed by atoms with Gasteiger partial charge in [-0.3, -0.25) is 4.98 Å². The van der Waals surface area contributed by atoms with Crippen LogP contribution in [0.1, 0.15) is 11.1 Å². The van der Waals surface area contributed by atoms with Gasteiger partial charge in [-0.05, 0) is 36.2 Å². The quantitative estimate of drug-likeness (QED) is 0.884. The molecule has 1 heterocycles. The highest BCUT2D eigenvalue weighted by Crippen LogP contribution is 2.25. The normalized spacial score (nSPS) is 11.5. The molecule has 0 aliphatic rings. The predicted octanol–water partition coefficient (Wildman–Crippen LogP) is 2.60. The molecule has 0 fully saturated rings. The van der Waals surface area contributed by atoms with Crippen molar-refractivity contribution in [3.8, 4) is 0 Å². The average Bonchev–Trinajstić information content (AvgIpc) is 2.35. The molecule has 19 heavy (non-hydrogen) atoms. The summed E-state index contributed by atoms with van der Waals surface area (Å²) >= 11 is 5.94. The van der Waals surface area contributed by atoms with Crippen molar-refractivity contribution in [2.24, 2.45) is 0 Å². The van der Waals surface area contributed by atoms with Gasteiger partial charge in [-0.1, -0.05) is 17.7 Å². The summed E-state index contributed by atoms with van der Waals surface area (Å²) < 4.78 is 24.8. The highest BCUT2D eigenvalue weighted by Gasteiger charge is 2.19. The van der Waals surface area contributed by atoms with Crippen LogP contribution in [0.3, 0.4) is 0 Å². The molecule has 0 aliphatic heterocycles. The summed E-state index contributed by atoms with van der Waals surface area (Å²) in [4.78, 5) is 4.07. The van der Waals surface area contributed by atoms with Gasteiger partial charge in [-0.25, -0.2) is 8.42 Å². The van der Waals surface area contributed by atoms with E-state index in [1.165, 1.54) is 18.5 Å². The number of rotatable bonds is 3. The smallest absolute Gasteiger partial charge is 0.182 e. The lowest BCUT2D eigenvalue weighted by Gasteiger charge is -2.09. The molecule has 1 aromatic carbocycles. The van der Waals surface area contributed by atoms with Crippen molar-refractivity contribution in [1.29, 1.82) is 0 Å². The molecular weight excluding hydrogens is 284 g/mol. The molecule has 2 rings (SSSR count). The first-order valence-corrected chi connectivity index (χ1v) is 7.60. The summed E-state index contributed by atoms with van der Waals surface area (Å²) in [6, 6.07) is 6.44. The highest BCUT2D eigenvalue weighted by atomic mass is 35.5. The van der Waals surface area contributed by atoms with Gasteiger partial charge in [0, 0.05) is 18.1 Å². The number of hydrogen-bond donors (Lipinski definition) is 1. The molecule has 0 atom stereocenters. The van der Waals surface area contributed by atoms with Crippen molar-refractivity contribution in [2.45, 2.75) is 17.6 Å². The zero-order valence-electron chi connectivity index (χ0n) is 10.3. The Morgan fingerprint density at radius 1 is 1.32 bits per heavy atom. The number of pyridine rings is 1. The van der Waals surface area contributed by atoms with E-state index in [1.54, 1.807) is 25.1 Å². The minimum Gasteiger partial charge on any atom is -0.399 e.